The Morgan fingerprint density at radius 1 is 0.252 bits per heavy atom. The molecule has 0 saturated heterocycles. The highest BCUT2D eigenvalue weighted by Gasteiger charge is 2.43. The number of rotatable bonds is 4. The molecule has 15 aromatic carbocycles. The Morgan fingerprint density at radius 2 is 0.542 bits per heavy atom. The van der Waals surface area contributed by atoms with Gasteiger partial charge < -0.3 is 18.3 Å². The van der Waals surface area contributed by atoms with Gasteiger partial charge in [0.2, 0.25) is 0 Å². The van der Waals surface area contributed by atoms with Crippen molar-refractivity contribution in [1.29, 1.82) is 0 Å². The number of para-hydroxylation sites is 4. The third kappa shape index (κ3) is 9.23. The molecular formula is C102H79BN4. The van der Waals surface area contributed by atoms with Gasteiger partial charge in [0, 0.05) is 65.6 Å². The lowest BCUT2D eigenvalue weighted by molar-refractivity contribution is 0.589. The summed E-state index contributed by atoms with van der Waals surface area (Å²) in [5.41, 5.74) is 5.27. The second kappa shape index (κ2) is 23.0. The van der Waals surface area contributed by atoms with Gasteiger partial charge >= 0.3 is 0 Å². The van der Waals surface area contributed by atoms with Gasteiger partial charge in [0.05, 0.1) is 82.9 Å². The summed E-state index contributed by atoms with van der Waals surface area (Å²) < 4.78 is 211. The molecule has 0 aliphatic carbocycles. The van der Waals surface area contributed by atoms with E-state index in [-0.39, 0.29) is 87.7 Å². The SMILES string of the molecule is [2H]c1c([2H])c2c3c(c1-n1c4c([2H])c([2H])c([2H])c([2H])c4c4c([2H])c([2H])c([2H])c([2H])c41)c1ccccc1c1ccccc1c1cc(C(C)(C)C)cc(-c4ccccc4)c1n3-c1cc(C(C)(C)C)cc3c1B2c1c([2H])c([2H])c(-n2c4c([2H])c([2H])c([2H])c([2H])c4c4c([2H])c([2H])c([2H])c([2H])c42)c2c4ccccc4c4ccccc4c4cc(C(C)(C)C)cc(-c5ccccc5)c4n-3c12. The highest BCUT2D eigenvalue weighted by molar-refractivity contribution is 7.00. The van der Waals surface area contributed by atoms with Crippen LogP contribution in [0.4, 0.5) is 0 Å². The third-order valence-corrected chi connectivity index (χ3v) is 22.4. The lowest BCUT2D eigenvalue weighted by atomic mass is 9.34. The van der Waals surface area contributed by atoms with E-state index in [1.165, 1.54) is 9.13 Å². The first-order valence-electron chi connectivity index (χ1n) is 46.4. The Bertz CT molecular complexity index is 7880. The molecule has 510 valence electrons. The molecular weight excluding hydrogens is 1290 g/mol. The van der Waals surface area contributed by atoms with E-state index < -0.39 is 144 Å². The molecule has 6 heterocycles. The Hall–Kier alpha value is -12.4. The van der Waals surface area contributed by atoms with Crippen LogP contribution in [0.25, 0.3) is 175 Å². The van der Waals surface area contributed by atoms with Crippen LogP contribution in [0.2, 0.25) is 0 Å². The molecule has 2 aliphatic heterocycles. The Labute approximate surface area is 651 Å². The molecule has 0 N–H and O–H groups in total. The number of benzene rings is 15. The first kappa shape index (κ1) is 45.7. The van der Waals surface area contributed by atoms with Gasteiger partial charge in [0.25, 0.3) is 6.71 Å². The van der Waals surface area contributed by atoms with Crippen LogP contribution in [-0.2, 0) is 16.2 Å². The summed E-state index contributed by atoms with van der Waals surface area (Å²) in [7, 11) is 0. The zero-order valence-electron chi connectivity index (χ0n) is 80.3. The number of hydrogen-bond acceptors (Lipinski definition) is 0. The van der Waals surface area contributed by atoms with Crippen molar-refractivity contribution in [3.05, 3.63) is 332 Å². The second-order valence-electron chi connectivity index (χ2n) is 31.6. The van der Waals surface area contributed by atoms with E-state index in [0.717, 1.165) is 38.6 Å². The summed E-state index contributed by atoms with van der Waals surface area (Å²) in [5, 5.41) is 5.63. The first-order chi connectivity index (χ1) is 60.4. The van der Waals surface area contributed by atoms with Crippen LogP contribution >= 0.6 is 0 Å². The molecule has 4 aromatic heterocycles. The maximum Gasteiger partial charge on any atom is 0.252 e. The van der Waals surface area contributed by atoms with Crippen LogP contribution in [0.3, 0.4) is 0 Å². The summed E-state index contributed by atoms with van der Waals surface area (Å²) in [6, 6.07) is 51.8. The van der Waals surface area contributed by atoms with Crippen LogP contribution in [0.15, 0.2) is 315 Å². The minimum Gasteiger partial charge on any atom is -0.309 e. The van der Waals surface area contributed by atoms with Crippen molar-refractivity contribution in [2.24, 2.45) is 0 Å². The fraction of sp³-hybridized carbons (Fsp3) is 0.118. The highest BCUT2D eigenvalue weighted by atomic mass is 15.1. The van der Waals surface area contributed by atoms with Crippen molar-refractivity contribution in [2.75, 3.05) is 0 Å². The molecule has 5 heteroatoms. The number of aromatic nitrogens is 4. The van der Waals surface area contributed by atoms with Gasteiger partial charge in [-0.3, -0.25) is 0 Å². The average Bonchev–Trinajstić information content (AvgIpc) is 1.50. The van der Waals surface area contributed by atoms with Crippen LogP contribution in [0.5, 0.6) is 0 Å². The maximum absolute atomic E-state index is 12.0. The van der Waals surface area contributed by atoms with Gasteiger partial charge in [0.1, 0.15) is 0 Å². The molecule has 0 amide bonds. The van der Waals surface area contributed by atoms with Crippen molar-refractivity contribution in [1.82, 2.24) is 18.3 Å². The molecule has 21 rings (SSSR count). The zero-order valence-corrected chi connectivity index (χ0v) is 60.3. The molecule has 0 fully saturated rings. The minimum atomic E-state index is -1.49. The predicted molar refractivity (Wildman–Crippen MR) is 461 cm³/mol. The number of hydrogen-bond donors (Lipinski definition) is 0. The predicted octanol–water partition coefficient (Wildman–Crippen LogP) is 25.3. The standard InChI is InChI=1S/C102H79BN4/c1-100(2,3)64-56-79(62-32-12-10-13-33-62)96-81(58-64)71-40-18-16-36-67(71)69-38-20-22-46-77(69)93-89(104-85-48-28-24-42-73(85)74-43-25-29-49-86(74)104)54-52-83-98(93)106(96)91-60-66(102(7,8)9)61-92-95(91)103(83)84-53-55-90(105-87-50-30-26-44-75(87)76-45-27-31-51-88(76)105)94-78-47-23-21-39-70(78)68-37-17-19-41-72(68)82-59-65(101(4,5)6)57-80(63-34-14-11-15-35-63)97(82)107(92)99(84)94/h10-61H,1-9H3/i24D,25D,26D,27D,28D,29D,30D,31D,42D,43D,44D,45D,48D,49D,50D,51D,52D,53D,54D,55D. The first-order valence-corrected chi connectivity index (χ1v) is 36.4. The number of fused-ring (bicyclic) bond motifs is 24. The fourth-order valence-electron chi connectivity index (χ4n) is 17.3. The Morgan fingerprint density at radius 3 is 0.879 bits per heavy atom. The van der Waals surface area contributed by atoms with Crippen molar-refractivity contribution < 1.29 is 27.4 Å². The molecule has 0 radical (unpaired) electrons. The van der Waals surface area contributed by atoms with E-state index in [0.29, 0.717) is 82.1 Å². The fourth-order valence-corrected chi connectivity index (χ4v) is 17.3. The summed E-state index contributed by atoms with van der Waals surface area (Å²) >= 11 is 0. The van der Waals surface area contributed by atoms with Crippen LogP contribution in [0, 0.1) is 0 Å². The van der Waals surface area contributed by atoms with Crippen LogP contribution in [0.1, 0.15) is 106 Å². The largest absolute Gasteiger partial charge is 0.309 e. The van der Waals surface area contributed by atoms with Gasteiger partial charge in [-0.15, -0.1) is 0 Å². The zero-order chi connectivity index (χ0) is 89.5. The third-order valence-electron chi connectivity index (χ3n) is 22.4. The average molecular weight is 1390 g/mol. The van der Waals surface area contributed by atoms with Crippen molar-refractivity contribution in [3.8, 4) is 45.0 Å². The van der Waals surface area contributed by atoms with Crippen LogP contribution in [-0.4, -0.2) is 25.0 Å². The monoisotopic (exact) mass is 1390 g/mol. The smallest absolute Gasteiger partial charge is 0.252 e. The topological polar surface area (TPSA) is 19.7 Å². The molecule has 0 spiro atoms. The molecule has 2 aliphatic rings. The van der Waals surface area contributed by atoms with Crippen molar-refractivity contribution in [3.63, 3.8) is 0 Å². The van der Waals surface area contributed by atoms with Crippen molar-refractivity contribution >= 4 is 153 Å². The normalized spacial score (nSPS) is 15.5. The molecule has 0 saturated carbocycles. The lowest BCUT2D eigenvalue weighted by Gasteiger charge is -2.38. The molecule has 107 heavy (non-hydrogen) atoms. The van der Waals surface area contributed by atoms with E-state index in [1.54, 1.807) is 0 Å². The second-order valence-corrected chi connectivity index (χ2v) is 31.6. The molecule has 19 aromatic rings. The van der Waals surface area contributed by atoms with E-state index in [9.17, 15) is 27.4 Å². The summed E-state index contributed by atoms with van der Waals surface area (Å²) in [4.78, 5) is 0. The maximum atomic E-state index is 12.0. The molecule has 0 bridgehead atoms. The van der Waals surface area contributed by atoms with E-state index in [1.807, 2.05) is 121 Å². The molecule has 4 nitrogen and oxygen atoms in total. The summed E-state index contributed by atoms with van der Waals surface area (Å²) in [6.45, 7) is 17.8. The van der Waals surface area contributed by atoms with Gasteiger partial charge in [-0.2, -0.15) is 0 Å². The quantitative estimate of drug-likeness (QED) is 0.157. The van der Waals surface area contributed by atoms with E-state index >= 15 is 0 Å². The minimum absolute atomic E-state index is 0.0989. The lowest BCUT2D eigenvalue weighted by Crippen LogP contribution is -2.60. The molecule has 0 atom stereocenters. The van der Waals surface area contributed by atoms with E-state index in [4.69, 9.17) is 0 Å². The van der Waals surface area contributed by atoms with Gasteiger partial charge in [-0.05, 0) is 176 Å². The molecule has 0 unspecified atom stereocenters. The number of nitrogens with zero attached hydrogens (tertiary/aromatic N) is 4. The summed E-state index contributed by atoms with van der Waals surface area (Å²) in [6.07, 6.45) is 0. The summed E-state index contributed by atoms with van der Waals surface area (Å²) in [5.74, 6) is 0. The van der Waals surface area contributed by atoms with Gasteiger partial charge in [0.15, 0.2) is 0 Å². The van der Waals surface area contributed by atoms with E-state index in [2.05, 4.69) is 144 Å². The highest BCUT2D eigenvalue weighted by Crippen LogP contribution is 2.49. The van der Waals surface area contributed by atoms with Crippen LogP contribution < -0.4 is 16.4 Å². The van der Waals surface area contributed by atoms with Gasteiger partial charge in [-0.25, -0.2) is 0 Å². The van der Waals surface area contributed by atoms with Crippen molar-refractivity contribution in [2.45, 2.75) is 78.6 Å². The Balaban J connectivity index is 1.17. The Kier molecular flexibility index (Phi) is 9.84. The van der Waals surface area contributed by atoms with Gasteiger partial charge in [-0.1, -0.05) is 305 Å².